The first kappa shape index (κ1) is 18.1. The van der Waals surface area contributed by atoms with E-state index in [-0.39, 0.29) is 5.91 Å². The number of nitrogens with zero attached hydrogens (tertiary/aromatic N) is 2. The second-order valence-electron chi connectivity index (χ2n) is 7.08. The Morgan fingerprint density at radius 3 is 2.65 bits per heavy atom. The molecule has 0 spiro atoms. The summed E-state index contributed by atoms with van der Waals surface area (Å²) in [6.07, 6.45) is 0. The Kier molecular flexibility index (Phi) is 5.08. The van der Waals surface area contributed by atoms with Crippen LogP contribution in [0.3, 0.4) is 0 Å². The first-order valence-electron chi connectivity index (χ1n) is 8.69. The minimum absolute atomic E-state index is 0.0379. The Morgan fingerprint density at radius 2 is 1.96 bits per heavy atom. The van der Waals surface area contributed by atoms with Gasteiger partial charge < -0.3 is 20.7 Å². The molecule has 0 saturated carbocycles. The van der Waals surface area contributed by atoms with Crippen molar-refractivity contribution in [1.29, 1.82) is 0 Å². The van der Waals surface area contributed by atoms with Crippen molar-refractivity contribution in [2.75, 3.05) is 38.2 Å². The smallest absolute Gasteiger partial charge is 0.254 e. The van der Waals surface area contributed by atoms with E-state index in [2.05, 4.69) is 10.3 Å². The van der Waals surface area contributed by atoms with Gasteiger partial charge in [0.05, 0.1) is 29.7 Å². The molecule has 1 saturated heterocycles. The first-order chi connectivity index (χ1) is 12.4. The van der Waals surface area contributed by atoms with Gasteiger partial charge in [0.1, 0.15) is 5.82 Å². The maximum atomic E-state index is 13.0. The highest BCUT2D eigenvalue weighted by atomic mass is 16.5. The molecule has 2 aromatic rings. The molecule has 0 radical (unpaired) electrons. The molecule has 7 heteroatoms. The molecule has 1 fully saturated rings. The van der Waals surface area contributed by atoms with Crippen LogP contribution in [-0.4, -0.2) is 54.5 Å². The quantitative estimate of drug-likeness (QED) is 0.849. The highest BCUT2D eigenvalue weighted by molar-refractivity contribution is 6.07. The summed E-state index contributed by atoms with van der Waals surface area (Å²) in [5, 5.41) is 3.96. The molecule has 138 valence electrons. The van der Waals surface area contributed by atoms with Gasteiger partial charge in [-0.05, 0) is 26.0 Å². The minimum Gasteiger partial charge on any atom is -0.378 e. The fraction of sp³-hybridized carbons (Fsp3) is 0.421. The van der Waals surface area contributed by atoms with Gasteiger partial charge in [-0.25, -0.2) is 4.98 Å². The highest BCUT2D eigenvalue weighted by Gasteiger charge is 2.26. The Labute approximate surface area is 152 Å². The van der Waals surface area contributed by atoms with Crippen molar-refractivity contribution in [3.05, 3.63) is 35.9 Å². The molecule has 1 aliphatic rings. The van der Waals surface area contributed by atoms with Crippen molar-refractivity contribution < 1.29 is 14.3 Å². The van der Waals surface area contributed by atoms with E-state index >= 15 is 0 Å². The highest BCUT2D eigenvalue weighted by Crippen LogP contribution is 2.24. The third-order valence-electron chi connectivity index (χ3n) is 4.62. The minimum atomic E-state index is -0.721. The topological polar surface area (TPSA) is 97.6 Å². The van der Waals surface area contributed by atoms with Gasteiger partial charge in [-0.15, -0.1) is 0 Å². The summed E-state index contributed by atoms with van der Waals surface area (Å²) in [5.41, 5.74) is 6.03. The van der Waals surface area contributed by atoms with Gasteiger partial charge in [-0.2, -0.15) is 0 Å². The van der Waals surface area contributed by atoms with Crippen LogP contribution in [0.2, 0.25) is 0 Å². The van der Waals surface area contributed by atoms with Gasteiger partial charge in [0.15, 0.2) is 0 Å². The normalized spacial score (nSPS) is 15.1. The molecule has 0 unspecified atom stereocenters. The lowest BCUT2D eigenvalue weighted by Gasteiger charge is -2.27. The van der Waals surface area contributed by atoms with Gasteiger partial charge in [0.2, 0.25) is 5.91 Å². The number of benzene rings is 1. The third-order valence-corrected chi connectivity index (χ3v) is 4.62. The molecule has 2 amide bonds. The molecule has 1 aromatic heterocycles. The van der Waals surface area contributed by atoms with Gasteiger partial charge in [-0.3, -0.25) is 9.59 Å². The van der Waals surface area contributed by atoms with Crippen molar-refractivity contribution in [2.45, 2.75) is 13.8 Å². The summed E-state index contributed by atoms with van der Waals surface area (Å²) in [4.78, 5) is 30.9. The van der Waals surface area contributed by atoms with Crippen LogP contribution in [0.1, 0.15) is 24.2 Å². The molecule has 0 atom stereocenters. The molecule has 0 aliphatic carbocycles. The van der Waals surface area contributed by atoms with Crippen molar-refractivity contribution in [2.24, 2.45) is 11.1 Å². The number of hydrogen-bond acceptors (Lipinski definition) is 5. The number of morpholine rings is 1. The lowest BCUT2D eigenvalue weighted by molar-refractivity contribution is -0.125. The summed E-state index contributed by atoms with van der Waals surface area (Å²) in [6, 6.07) is 9.29. The second kappa shape index (κ2) is 7.29. The number of rotatable bonds is 5. The van der Waals surface area contributed by atoms with Crippen LogP contribution in [0.25, 0.3) is 10.9 Å². The number of aromatic nitrogens is 1. The molecule has 1 aromatic carbocycles. The fourth-order valence-electron chi connectivity index (χ4n) is 2.78. The van der Waals surface area contributed by atoms with E-state index in [9.17, 15) is 9.59 Å². The van der Waals surface area contributed by atoms with Crippen molar-refractivity contribution in [3.8, 4) is 0 Å². The van der Waals surface area contributed by atoms with Crippen molar-refractivity contribution in [3.63, 3.8) is 0 Å². The number of carbonyl (C=O) groups is 2. The lowest BCUT2D eigenvalue weighted by Crippen LogP contribution is -2.40. The SMILES string of the molecule is CC(C)(CNc1cc(C(=O)N2CCOCC2)c2ccccc2n1)C(N)=O. The van der Waals surface area contributed by atoms with Crippen LogP contribution >= 0.6 is 0 Å². The Hall–Kier alpha value is -2.67. The van der Waals surface area contributed by atoms with Crippen LogP contribution in [0.5, 0.6) is 0 Å². The number of amides is 2. The van der Waals surface area contributed by atoms with E-state index in [1.54, 1.807) is 24.8 Å². The predicted octanol–water partition coefficient (Wildman–Crippen LogP) is 1.63. The number of nitrogens with one attached hydrogen (secondary N) is 1. The van der Waals surface area contributed by atoms with Crippen LogP contribution in [0.15, 0.2) is 30.3 Å². The van der Waals surface area contributed by atoms with Gasteiger partial charge in [-0.1, -0.05) is 18.2 Å². The monoisotopic (exact) mass is 356 g/mol. The lowest BCUT2D eigenvalue weighted by atomic mass is 9.93. The van der Waals surface area contributed by atoms with Crippen LogP contribution < -0.4 is 11.1 Å². The number of nitrogens with two attached hydrogens (primary N) is 1. The van der Waals surface area contributed by atoms with Crippen LogP contribution in [0.4, 0.5) is 5.82 Å². The van der Waals surface area contributed by atoms with E-state index in [4.69, 9.17) is 10.5 Å². The Bertz CT molecular complexity index is 829. The average molecular weight is 356 g/mol. The van der Waals surface area contributed by atoms with Gasteiger partial charge in [0, 0.05) is 25.0 Å². The third kappa shape index (κ3) is 3.77. The van der Waals surface area contributed by atoms with E-state index in [0.29, 0.717) is 44.2 Å². The van der Waals surface area contributed by atoms with E-state index in [1.807, 2.05) is 24.3 Å². The number of fused-ring (bicyclic) bond motifs is 1. The number of primary amides is 1. The van der Waals surface area contributed by atoms with Crippen LogP contribution in [-0.2, 0) is 9.53 Å². The van der Waals surface area contributed by atoms with Gasteiger partial charge >= 0.3 is 0 Å². The molecule has 3 N–H and O–H groups in total. The molecule has 26 heavy (non-hydrogen) atoms. The Morgan fingerprint density at radius 1 is 1.27 bits per heavy atom. The standard InChI is InChI=1S/C19H24N4O3/c1-19(2,18(20)25)12-21-16-11-14(13-5-3-4-6-15(13)22-16)17(24)23-7-9-26-10-8-23/h3-6,11H,7-10,12H2,1-2H3,(H2,20,25)(H,21,22). The van der Waals surface area contributed by atoms with E-state index in [0.717, 1.165) is 10.9 Å². The zero-order valence-corrected chi connectivity index (χ0v) is 15.1. The molecule has 0 bridgehead atoms. The molecular weight excluding hydrogens is 332 g/mol. The largest absolute Gasteiger partial charge is 0.378 e. The molecule has 1 aliphatic heterocycles. The first-order valence-corrected chi connectivity index (χ1v) is 8.69. The second-order valence-corrected chi connectivity index (χ2v) is 7.08. The molecule has 2 heterocycles. The zero-order valence-electron chi connectivity index (χ0n) is 15.1. The number of pyridine rings is 1. The number of anilines is 1. The van der Waals surface area contributed by atoms with E-state index < -0.39 is 11.3 Å². The number of carbonyl (C=O) groups excluding carboxylic acids is 2. The fourth-order valence-corrected chi connectivity index (χ4v) is 2.78. The van der Waals surface area contributed by atoms with Crippen molar-refractivity contribution >= 4 is 28.5 Å². The van der Waals surface area contributed by atoms with E-state index in [1.165, 1.54) is 0 Å². The zero-order chi connectivity index (χ0) is 18.7. The van der Waals surface area contributed by atoms with Crippen LogP contribution in [0, 0.1) is 5.41 Å². The molecule has 3 rings (SSSR count). The number of hydrogen-bond donors (Lipinski definition) is 2. The maximum absolute atomic E-state index is 13.0. The summed E-state index contributed by atoms with van der Waals surface area (Å²) in [5.74, 6) is 0.120. The average Bonchev–Trinajstić information content (AvgIpc) is 2.65. The van der Waals surface area contributed by atoms with Crippen molar-refractivity contribution in [1.82, 2.24) is 9.88 Å². The predicted molar refractivity (Wildman–Crippen MR) is 99.9 cm³/mol. The molecule has 7 nitrogen and oxygen atoms in total. The number of ether oxygens (including phenoxy) is 1. The maximum Gasteiger partial charge on any atom is 0.254 e. The Balaban J connectivity index is 1.93. The summed E-state index contributed by atoms with van der Waals surface area (Å²) in [7, 11) is 0. The number of para-hydroxylation sites is 1. The van der Waals surface area contributed by atoms with Gasteiger partial charge in [0.25, 0.3) is 5.91 Å². The summed E-state index contributed by atoms with van der Waals surface area (Å²) >= 11 is 0. The molecular formula is C19H24N4O3. The summed E-state index contributed by atoms with van der Waals surface area (Å²) in [6.45, 7) is 6.12. The summed E-state index contributed by atoms with van der Waals surface area (Å²) < 4.78 is 5.33.